The van der Waals surface area contributed by atoms with Crippen LogP contribution in [0.3, 0.4) is 0 Å². The fourth-order valence-corrected chi connectivity index (χ4v) is 5.79. The lowest BCUT2D eigenvalue weighted by Crippen LogP contribution is -2.39. The van der Waals surface area contributed by atoms with Crippen molar-refractivity contribution in [3.05, 3.63) is 0 Å². The van der Waals surface area contributed by atoms with Gasteiger partial charge in [0.05, 0.1) is 0 Å². The van der Waals surface area contributed by atoms with E-state index in [2.05, 4.69) is 27.7 Å². The van der Waals surface area contributed by atoms with Crippen molar-refractivity contribution in [2.45, 2.75) is 99.3 Å². The lowest BCUT2D eigenvalue weighted by Gasteiger charge is -2.49. The summed E-state index contributed by atoms with van der Waals surface area (Å²) in [7, 11) is 0. The minimum atomic E-state index is 0. The largest absolute Gasteiger partial charge is 0.0776 e. The van der Waals surface area contributed by atoms with Crippen LogP contribution in [0.4, 0.5) is 0 Å². The summed E-state index contributed by atoms with van der Waals surface area (Å²) in [4.78, 5) is 0. The monoisotopic (exact) mass is 320 g/mol. The van der Waals surface area contributed by atoms with Crippen LogP contribution >= 0.6 is 0 Å². The quantitative estimate of drug-likeness (QED) is 0.431. The molecule has 0 spiro atoms. The van der Waals surface area contributed by atoms with Gasteiger partial charge in [0, 0.05) is 0 Å². The number of hydrogen-bond donors (Lipinski definition) is 0. The van der Waals surface area contributed by atoms with Gasteiger partial charge in [-0.2, -0.15) is 0 Å². The summed E-state index contributed by atoms with van der Waals surface area (Å²) < 4.78 is 0. The molecule has 0 heteroatoms. The zero-order valence-corrected chi connectivity index (χ0v) is 15.7. The second-order valence-corrected chi connectivity index (χ2v) is 9.86. The van der Waals surface area contributed by atoms with E-state index in [1.54, 1.807) is 38.5 Å². The second-order valence-electron chi connectivity index (χ2n) is 9.86. The third kappa shape index (κ3) is 4.76. The summed E-state index contributed by atoms with van der Waals surface area (Å²) in [6.07, 6.45) is 15.3. The molecule has 0 radical (unpaired) electrons. The molecule has 6 fully saturated rings. The highest BCUT2D eigenvalue weighted by molar-refractivity contribution is 4.91. The van der Waals surface area contributed by atoms with Gasteiger partial charge in [0.15, 0.2) is 0 Å². The molecule has 0 aromatic carbocycles. The van der Waals surface area contributed by atoms with Crippen LogP contribution in [0.2, 0.25) is 0 Å². The predicted molar refractivity (Wildman–Crippen MR) is 104 cm³/mol. The van der Waals surface area contributed by atoms with Crippen LogP contribution in [0, 0.1) is 47.3 Å². The average molecular weight is 321 g/mol. The molecule has 0 aliphatic heterocycles. The minimum absolute atomic E-state index is 0. The van der Waals surface area contributed by atoms with Crippen LogP contribution in [0.1, 0.15) is 99.3 Å². The van der Waals surface area contributed by atoms with Gasteiger partial charge in [-0.3, -0.25) is 0 Å². The molecule has 0 saturated heterocycles. The van der Waals surface area contributed by atoms with E-state index in [-0.39, 0.29) is 7.43 Å². The Morgan fingerprint density at radius 1 is 0.565 bits per heavy atom. The van der Waals surface area contributed by atoms with E-state index >= 15 is 0 Å². The van der Waals surface area contributed by atoms with Gasteiger partial charge >= 0.3 is 0 Å². The zero-order chi connectivity index (χ0) is 15.7. The normalized spacial score (nSPS) is 46.2. The molecule has 6 saturated carbocycles. The standard InChI is InChI=1S/C9H16.C8H14.C5H10.CH4/c1-6-3-8-4-9(5-8)7(6)2;1-6-4-7-2-3-8(6)5-7;1-5-3-2-4-5;/h6-9H,3-5H2,1-2H3;6-8H,2-5H2,1H3;5H,2-4H2,1H3;1H4/t6-,7?,8?,9?;;;/m1.../s1. The maximum Gasteiger partial charge on any atom is -0.0381 e. The Morgan fingerprint density at radius 2 is 1.13 bits per heavy atom. The zero-order valence-electron chi connectivity index (χ0n) is 15.7. The Bertz CT molecular complexity index is 332. The van der Waals surface area contributed by atoms with Gasteiger partial charge in [-0.05, 0) is 85.9 Å². The van der Waals surface area contributed by atoms with E-state index in [0.29, 0.717) is 0 Å². The highest BCUT2D eigenvalue weighted by Gasteiger charge is 2.41. The summed E-state index contributed by atoms with van der Waals surface area (Å²) in [5.74, 6) is 8.76. The van der Waals surface area contributed by atoms with E-state index in [1.165, 1.54) is 25.7 Å². The van der Waals surface area contributed by atoms with E-state index in [1.807, 2.05) is 0 Å². The molecule has 0 nitrogen and oxygen atoms in total. The van der Waals surface area contributed by atoms with Gasteiger partial charge < -0.3 is 0 Å². The topological polar surface area (TPSA) is 0 Å². The first-order chi connectivity index (χ1) is 10.5. The van der Waals surface area contributed by atoms with Gasteiger partial charge in [0.1, 0.15) is 0 Å². The first kappa shape index (κ1) is 19.3. The molecule has 6 rings (SSSR count). The lowest BCUT2D eigenvalue weighted by molar-refractivity contribution is 0.0154. The average Bonchev–Trinajstić information content (AvgIpc) is 3.01. The molecular weight excluding hydrogens is 276 g/mol. The molecule has 0 heterocycles. The van der Waals surface area contributed by atoms with Crippen molar-refractivity contribution in [2.75, 3.05) is 0 Å². The smallest absolute Gasteiger partial charge is 0.0381 e. The molecule has 23 heavy (non-hydrogen) atoms. The minimum Gasteiger partial charge on any atom is -0.0776 e. The highest BCUT2D eigenvalue weighted by Crippen LogP contribution is 2.51. The number of rotatable bonds is 0. The van der Waals surface area contributed by atoms with Crippen LogP contribution < -0.4 is 0 Å². The Labute approximate surface area is 147 Å². The van der Waals surface area contributed by atoms with Crippen LogP contribution in [-0.4, -0.2) is 0 Å². The Morgan fingerprint density at radius 3 is 1.35 bits per heavy atom. The van der Waals surface area contributed by atoms with Gasteiger partial charge in [-0.1, -0.05) is 60.8 Å². The van der Waals surface area contributed by atoms with Gasteiger partial charge in [-0.25, -0.2) is 0 Å². The first-order valence-corrected chi connectivity index (χ1v) is 10.5. The molecule has 0 amide bonds. The highest BCUT2D eigenvalue weighted by atomic mass is 14.5. The van der Waals surface area contributed by atoms with E-state index < -0.39 is 0 Å². The third-order valence-corrected chi connectivity index (χ3v) is 8.10. The maximum absolute atomic E-state index is 2.44. The first-order valence-electron chi connectivity index (χ1n) is 10.5. The molecule has 5 atom stereocenters. The summed E-state index contributed by atoms with van der Waals surface area (Å²) >= 11 is 0. The van der Waals surface area contributed by atoms with Crippen LogP contribution in [0.15, 0.2) is 0 Å². The van der Waals surface area contributed by atoms with Crippen molar-refractivity contribution >= 4 is 0 Å². The van der Waals surface area contributed by atoms with Crippen molar-refractivity contribution in [3.8, 4) is 0 Å². The summed E-state index contributed by atoms with van der Waals surface area (Å²) in [5.41, 5.74) is 0. The molecule has 6 aliphatic rings. The fraction of sp³-hybridized carbons (Fsp3) is 1.00. The van der Waals surface area contributed by atoms with Gasteiger partial charge in [0.25, 0.3) is 0 Å². The number of hydrogen-bond acceptors (Lipinski definition) is 0. The van der Waals surface area contributed by atoms with Crippen molar-refractivity contribution < 1.29 is 0 Å². The Kier molecular flexibility index (Phi) is 7.05. The Balaban J connectivity index is 0.000000127. The third-order valence-electron chi connectivity index (χ3n) is 8.10. The molecule has 6 aliphatic carbocycles. The molecule has 4 unspecified atom stereocenters. The fourth-order valence-electron chi connectivity index (χ4n) is 5.79. The lowest BCUT2D eigenvalue weighted by atomic mass is 9.57. The van der Waals surface area contributed by atoms with Crippen molar-refractivity contribution in [1.82, 2.24) is 0 Å². The molecule has 4 bridgehead atoms. The van der Waals surface area contributed by atoms with E-state index in [0.717, 1.165) is 47.3 Å². The summed E-state index contributed by atoms with van der Waals surface area (Å²) in [6, 6.07) is 0. The van der Waals surface area contributed by atoms with E-state index in [4.69, 9.17) is 0 Å². The molecule has 0 N–H and O–H groups in total. The van der Waals surface area contributed by atoms with Crippen molar-refractivity contribution in [3.63, 3.8) is 0 Å². The molecule has 0 aromatic heterocycles. The number of fused-ring (bicyclic) bond motifs is 4. The molecule has 136 valence electrons. The summed E-state index contributed by atoms with van der Waals surface area (Å²) in [6.45, 7) is 9.58. The van der Waals surface area contributed by atoms with Crippen LogP contribution in [-0.2, 0) is 0 Å². The SMILES string of the molecule is C.CC1C2CC(C2)C[C@H]1C.CC1CC2CCC1C2.CC1CCC1. The van der Waals surface area contributed by atoms with Crippen LogP contribution in [0.25, 0.3) is 0 Å². The predicted octanol–water partition coefficient (Wildman–Crippen LogP) is 7.57. The van der Waals surface area contributed by atoms with Crippen LogP contribution in [0.5, 0.6) is 0 Å². The summed E-state index contributed by atoms with van der Waals surface area (Å²) in [5, 5.41) is 0. The van der Waals surface area contributed by atoms with Crippen molar-refractivity contribution in [1.29, 1.82) is 0 Å². The van der Waals surface area contributed by atoms with Gasteiger partial charge in [-0.15, -0.1) is 0 Å². The molecular formula is C23H44. The Hall–Kier alpha value is 0. The van der Waals surface area contributed by atoms with Crippen molar-refractivity contribution in [2.24, 2.45) is 47.3 Å². The molecule has 0 aromatic rings. The second kappa shape index (κ2) is 8.39. The van der Waals surface area contributed by atoms with Gasteiger partial charge in [0.2, 0.25) is 0 Å². The van der Waals surface area contributed by atoms with E-state index in [9.17, 15) is 0 Å². The maximum atomic E-state index is 2.44.